The molecule has 18 heavy (non-hydrogen) atoms. The Bertz CT molecular complexity index is 557. The molecule has 2 aromatic rings. The van der Waals surface area contributed by atoms with E-state index in [-0.39, 0.29) is 11.6 Å². The van der Waals surface area contributed by atoms with E-state index in [4.69, 9.17) is 0 Å². The highest BCUT2D eigenvalue weighted by Gasteiger charge is 2.15. The van der Waals surface area contributed by atoms with Gasteiger partial charge in [-0.3, -0.25) is 9.59 Å². The first-order valence-electron chi connectivity index (χ1n) is 6.26. The van der Waals surface area contributed by atoms with Crippen LogP contribution in [-0.4, -0.2) is 11.6 Å². The monoisotopic (exact) mass is 240 g/mol. The summed E-state index contributed by atoms with van der Waals surface area (Å²) in [6.45, 7) is 3.63. The maximum absolute atomic E-state index is 11.9. The predicted octanol–water partition coefficient (Wildman–Crippen LogP) is 4.03. The lowest BCUT2D eigenvalue weighted by Crippen LogP contribution is -2.07. The molecule has 0 saturated carbocycles. The molecule has 0 aliphatic carbocycles. The van der Waals surface area contributed by atoms with Crippen molar-refractivity contribution in [2.45, 2.75) is 26.7 Å². The van der Waals surface area contributed by atoms with E-state index >= 15 is 0 Å². The van der Waals surface area contributed by atoms with E-state index in [0.29, 0.717) is 24.0 Å². The number of rotatable bonds is 4. The molecule has 2 nitrogen and oxygen atoms in total. The van der Waals surface area contributed by atoms with E-state index in [1.54, 1.807) is 0 Å². The zero-order valence-corrected chi connectivity index (χ0v) is 10.7. The molecule has 0 aromatic heterocycles. The molecule has 2 heteroatoms. The van der Waals surface area contributed by atoms with Gasteiger partial charge in [0.25, 0.3) is 0 Å². The van der Waals surface area contributed by atoms with Gasteiger partial charge in [0.1, 0.15) is 0 Å². The SMILES string of the molecule is CCC(=O)c1cc2ccccc2cc1C(=O)CC. The number of hydrogen-bond donors (Lipinski definition) is 0. The molecule has 0 amide bonds. The lowest BCUT2D eigenvalue weighted by atomic mass is 9.94. The Hall–Kier alpha value is -1.96. The lowest BCUT2D eigenvalue weighted by molar-refractivity contribution is 0.0955. The van der Waals surface area contributed by atoms with Gasteiger partial charge in [0.2, 0.25) is 0 Å². The van der Waals surface area contributed by atoms with Crippen LogP contribution in [0.3, 0.4) is 0 Å². The molecular formula is C16H16O2. The first-order valence-corrected chi connectivity index (χ1v) is 6.26. The fraction of sp³-hybridized carbons (Fsp3) is 0.250. The van der Waals surface area contributed by atoms with Crippen molar-refractivity contribution in [3.63, 3.8) is 0 Å². The van der Waals surface area contributed by atoms with Crippen LogP contribution in [0.5, 0.6) is 0 Å². The minimum atomic E-state index is 0.0255. The van der Waals surface area contributed by atoms with Crippen molar-refractivity contribution in [1.82, 2.24) is 0 Å². The van der Waals surface area contributed by atoms with E-state index in [9.17, 15) is 9.59 Å². The van der Waals surface area contributed by atoms with Crippen molar-refractivity contribution in [1.29, 1.82) is 0 Å². The average molecular weight is 240 g/mol. The molecule has 0 saturated heterocycles. The zero-order valence-electron chi connectivity index (χ0n) is 10.7. The van der Waals surface area contributed by atoms with Gasteiger partial charge >= 0.3 is 0 Å². The van der Waals surface area contributed by atoms with Crippen LogP contribution in [0.15, 0.2) is 36.4 Å². The van der Waals surface area contributed by atoms with Gasteiger partial charge < -0.3 is 0 Å². The van der Waals surface area contributed by atoms with Crippen LogP contribution in [0, 0.1) is 0 Å². The van der Waals surface area contributed by atoms with Gasteiger partial charge in [0.15, 0.2) is 11.6 Å². The van der Waals surface area contributed by atoms with E-state index in [2.05, 4.69) is 0 Å². The number of fused-ring (bicyclic) bond motifs is 1. The molecule has 92 valence electrons. The maximum atomic E-state index is 11.9. The summed E-state index contributed by atoms with van der Waals surface area (Å²) < 4.78 is 0. The van der Waals surface area contributed by atoms with Crippen molar-refractivity contribution in [3.8, 4) is 0 Å². The minimum absolute atomic E-state index is 0.0255. The average Bonchev–Trinajstić information content (AvgIpc) is 2.44. The molecule has 2 aromatic carbocycles. The van der Waals surface area contributed by atoms with Crippen LogP contribution in [0.1, 0.15) is 47.4 Å². The largest absolute Gasteiger partial charge is 0.294 e. The molecule has 0 unspecified atom stereocenters. The number of hydrogen-bond acceptors (Lipinski definition) is 2. The topological polar surface area (TPSA) is 34.1 Å². The van der Waals surface area contributed by atoms with Crippen molar-refractivity contribution in [3.05, 3.63) is 47.5 Å². The number of carbonyl (C=O) groups excluding carboxylic acids is 2. The fourth-order valence-corrected chi connectivity index (χ4v) is 2.08. The van der Waals surface area contributed by atoms with E-state index in [1.165, 1.54) is 0 Å². The summed E-state index contributed by atoms with van der Waals surface area (Å²) in [5.74, 6) is 0.0510. The Morgan fingerprint density at radius 3 is 1.56 bits per heavy atom. The number of carbonyl (C=O) groups is 2. The smallest absolute Gasteiger partial charge is 0.163 e. The quantitative estimate of drug-likeness (QED) is 0.756. The standard InChI is InChI=1S/C16H16O2/c1-3-15(17)13-9-11-7-5-6-8-12(11)10-14(13)16(18)4-2/h5-10H,3-4H2,1-2H3. The van der Waals surface area contributed by atoms with Gasteiger partial charge in [0, 0.05) is 24.0 Å². The van der Waals surface area contributed by atoms with E-state index in [0.717, 1.165) is 10.8 Å². The molecule has 0 radical (unpaired) electrons. The summed E-state index contributed by atoms with van der Waals surface area (Å²) in [5, 5.41) is 2.00. The predicted molar refractivity (Wildman–Crippen MR) is 73.2 cm³/mol. The lowest BCUT2D eigenvalue weighted by Gasteiger charge is -2.08. The summed E-state index contributed by atoms with van der Waals surface area (Å²) in [4.78, 5) is 23.9. The van der Waals surface area contributed by atoms with Crippen LogP contribution in [0.4, 0.5) is 0 Å². The molecule has 0 N–H and O–H groups in total. The van der Waals surface area contributed by atoms with Gasteiger partial charge in [-0.2, -0.15) is 0 Å². The Balaban J connectivity index is 2.71. The molecule has 0 atom stereocenters. The van der Waals surface area contributed by atoms with E-state index in [1.807, 2.05) is 50.2 Å². The first-order chi connectivity index (χ1) is 8.67. The van der Waals surface area contributed by atoms with Crippen LogP contribution in [0.2, 0.25) is 0 Å². The third-order valence-corrected chi connectivity index (χ3v) is 3.13. The molecular weight excluding hydrogens is 224 g/mol. The number of Topliss-reactive ketones (excluding diaryl/α,β-unsaturated/α-hetero) is 2. The molecule has 0 heterocycles. The minimum Gasteiger partial charge on any atom is -0.294 e. The summed E-state index contributed by atoms with van der Waals surface area (Å²) in [7, 11) is 0. The normalized spacial score (nSPS) is 10.6. The second-order valence-corrected chi connectivity index (χ2v) is 4.30. The molecule has 0 aliphatic heterocycles. The number of benzene rings is 2. The third-order valence-electron chi connectivity index (χ3n) is 3.13. The van der Waals surface area contributed by atoms with Gasteiger partial charge in [-0.1, -0.05) is 38.1 Å². The highest BCUT2D eigenvalue weighted by Crippen LogP contribution is 2.22. The van der Waals surface area contributed by atoms with Gasteiger partial charge in [0.05, 0.1) is 0 Å². The van der Waals surface area contributed by atoms with Crippen molar-refractivity contribution < 1.29 is 9.59 Å². The maximum Gasteiger partial charge on any atom is 0.163 e. The molecule has 2 rings (SSSR count). The van der Waals surface area contributed by atoms with E-state index < -0.39 is 0 Å². The Morgan fingerprint density at radius 1 is 0.833 bits per heavy atom. The highest BCUT2D eigenvalue weighted by atomic mass is 16.1. The molecule has 0 fully saturated rings. The van der Waals surface area contributed by atoms with Crippen LogP contribution < -0.4 is 0 Å². The van der Waals surface area contributed by atoms with Gasteiger partial charge in [-0.25, -0.2) is 0 Å². The van der Waals surface area contributed by atoms with Crippen LogP contribution in [0.25, 0.3) is 10.8 Å². The highest BCUT2D eigenvalue weighted by molar-refractivity contribution is 6.11. The number of ketones is 2. The third kappa shape index (κ3) is 2.19. The fourth-order valence-electron chi connectivity index (χ4n) is 2.08. The Morgan fingerprint density at radius 2 is 1.22 bits per heavy atom. The zero-order chi connectivity index (χ0) is 13.1. The van der Waals surface area contributed by atoms with Crippen molar-refractivity contribution in [2.75, 3.05) is 0 Å². The molecule has 0 spiro atoms. The Kier molecular flexibility index (Phi) is 3.56. The summed E-state index contributed by atoms with van der Waals surface area (Å²) in [5.41, 5.74) is 1.12. The first kappa shape index (κ1) is 12.5. The van der Waals surface area contributed by atoms with Crippen molar-refractivity contribution >= 4 is 22.3 Å². The summed E-state index contributed by atoms with van der Waals surface area (Å²) in [6, 6.07) is 11.5. The van der Waals surface area contributed by atoms with Crippen LogP contribution >= 0.6 is 0 Å². The molecule has 0 aliphatic rings. The van der Waals surface area contributed by atoms with Gasteiger partial charge in [-0.15, -0.1) is 0 Å². The van der Waals surface area contributed by atoms with Crippen LogP contribution in [-0.2, 0) is 0 Å². The summed E-state index contributed by atoms with van der Waals surface area (Å²) >= 11 is 0. The Labute approximate surface area is 107 Å². The van der Waals surface area contributed by atoms with Crippen molar-refractivity contribution in [2.24, 2.45) is 0 Å². The second-order valence-electron chi connectivity index (χ2n) is 4.30. The van der Waals surface area contributed by atoms with Gasteiger partial charge in [-0.05, 0) is 22.9 Å². The second kappa shape index (κ2) is 5.13. The molecule has 0 bridgehead atoms. The summed E-state index contributed by atoms with van der Waals surface area (Å²) in [6.07, 6.45) is 0.838.